The van der Waals surface area contributed by atoms with Gasteiger partial charge in [-0.25, -0.2) is 9.18 Å². The Hall–Kier alpha value is -1.83. The van der Waals surface area contributed by atoms with Crippen LogP contribution in [0.5, 0.6) is 5.75 Å². The first kappa shape index (κ1) is 22.5. The molecule has 0 aliphatic carbocycles. The third-order valence-electron chi connectivity index (χ3n) is 3.97. The molecule has 2 aromatic rings. The molecule has 0 spiro atoms. The number of esters is 1. The van der Waals surface area contributed by atoms with Crippen LogP contribution in [0.25, 0.3) is 0 Å². The highest BCUT2D eigenvalue weighted by Crippen LogP contribution is 2.32. The molecule has 0 aliphatic rings. The number of ether oxygens (including phenoxy) is 3. The van der Waals surface area contributed by atoms with Crippen LogP contribution in [0.4, 0.5) is 4.39 Å². The van der Waals surface area contributed by atoms with Crippen molar-refractivity contribution in [1.82, 2.24) is 0 Å². The summed E-state index contributed by atoms with van der Waals surface area (Å²) in [7, 11) is 0.138. The van der Waals surface area contributed by atoms with Gasteiger partial charge >= 0.3 is 5.97 Å². The fraction of sp³-hybridized carbons (Fsp3) is 0.381. The molecule has 7 heteroatoms. The highest BCUT2D eigenvalue weighted by molar-refractivity contribution is 7.98. The van der Waals surface area contributed by atoms with Gasteiger partial charge in [-0.2, -0.15) is 0 Å². The van der Waals surface area contributed by atoms with Crippen LogP contribution in [0.3, 0.4) is 0 Å². The van der Waals surface area contributed by atoms with Crippen LogP contribution in [0.1, 0.15) is 15.9 Å². The smallest absolute Gasteiger partial charge is 0.342 e. The lowest BCUT2D eigenvalue weighted by atomic mass is 10.1. The van der Waals surface area contributed by atoms with Gasteiger partial charge in [0.25, 0.3) is 0 Å². The molecule has 0 aliphatic heterocycles. The number of hydrogen-bond donors (Lipinski definition) is 0. The van der Waals surface area contributed by atoms with Gasteiger partial charge in [0.1, 0.15) is 17.1 Å². The second-order valence-electron chi connectivity index (χ2n) is 7.50. The van der Waals surface area contributed by atoms with E-state index in [1.54, 1.807) is 0 Å². The molecule has 0 saturated carbocycles. The summed E-state index contributed by atoms with van der Waals surface area (Å²) in [6.45, 7) is 6.90. The molecule has 28 heavy (non-hydrogen) atoms. The average molecular weight is 423 g/mol. The van der Waals surface area contributed by atoms with Crippen molar-refractivity contribution in [2.75, 3.05) is 20.5 Å². The number of carbonyl (C=O) groups excluding carboxylic acids is 1. The van der Waals surface area contributed by atoms with Gasteiger partial charge in [0.2, 0.25) is 0 Å². The Bertz CT molecular complexity index is 778. The first-order valence-corrected chi connectivity index (χ1v) is 13.8. The van der Waals surface area contributed by atoms with E-state index in [0.29, 0.717) is 12.4 Å². The largest absolute Gasteiger partial charge is 0.467 e. The van der Waals surface area contributed by atoms with Crippen LogP contribution in [-0.4, -0.2) is 34.6 Å². The molecule has 152 valence electrons. The standard InChI is InChI=1S/C21H27FO4SSi/c1-24-15-26-19-11-10-18(22)17(14-27-16-8-6-5-7-9-16)20(19)21(23)25-12-13-28(2,3)4/h5-11H,12-15H2,1-4H3. The number of halogens is 1. The molecule has 0 atom stereocenters. The second-order valence-corrected chi connectivity index (χ2v) is 14.2. The lowest BCUT2D eigenvalue weighted by Crippen LogP contribution is -2.23. The van der Waals surface area contributed by atoms with Crippen molar-refractivity contribution in [3.8, 4) is 5.75 Å². The summed E-state index contributed by atoms with van der Waals surface area (Å²) in [5.74, 6) is -0.457. The molecule has 2 rings (SSSR count). The molecule has 2 aromatic carbocycles. The van der Waals surface area contributed by atoms with Gasteiger partial charge in [-0.15, -0.1) is 11.8 Å². The Balaban J connectivity index is 2.26. The van der Waals surface area contributed by atoms with E-state index >= 15 is 0 Å². The summed E-state index contributed by atoms with van der Waals surface area (Å²) >= 11 is 1.45. The van der Waals surface area contributed by atoms with Crippen LogP contribution in [0, 0.1) is 5.82 Å². The molecule has 0 saturated heterocycles. The monoisotopic (exact) mass is 422 g/mol. The minimum Gasteiger partial charge on any atom is -0.467 e. The van der Waals surface area contributed by atoms with Crippen molar-refractivity contribution in [1.29, 1.82) is 0 Å². The van der Waals surface area contributed by atoms with E-state index in [1.165, 1.54) is 31.0 Å². The van der Waals surface area contributed by atoms with E-state index in [0.717, 1.165) is 10.9 Å². The summed E-state index contributed by atoms with van der Waals surface area (Å²) < 4.78 is 30.5. The summed E-state index contributed by atoms with van der Waals surface area (Å²) in [6, 6.07) is 13.2. The van der Waals surface area contributed by atoms with E-state index in [-0.39, 0.29) is 23.7 Å². The maximum atomic E-state index is 14.6. The van der Waals surface area contributed by atoms with E-state index in [4.69, 9.17) is 14.2 Å². The number of hydrogen-bond acceptors (Lipinski definition) is 5. The minimum atomic E-state index is -1.35. The summed E-state index contributed by atoms with van der Waals surface area (Å²) in [5.41, 5.74) is 0.413. The Labute approximate surface area is 171 Å². The molecule has 4 nitrogen and oxygen atoms in total. The first-order chi connectivity index (χ1) is 13.3. The third-order valence-corrected chi connectivity index (χ3v) is 6.71. The Morgan fingerprint density at radius 2 is 1.82 bits per heavy atom. The number of benzene rings is 2. The second kappa shape index (κ2) is 10.6. The van der Waals surface area contributed by atoms with E-state index in [9.17, 15) is 9.18 Å². The van der Waals surface area contributed by atoms with Gasteiger partial charge in [0, 0.05) is 31.4 Å². The van der Waals surface area contributed by atoms with E-state index < -0.39 is 19.9 Å². The van der Waals surface area contributed by atoms with Crippen LogP contribution in [-0.2, 0) is 15.2 Å². The normalized spacial score (nSPS) is 11.3. The number of thioether (sulfide) groups is 1. The fourth-order valence-electron chi connectivity index (χ4n) is 2.40. The molecule has 0 heterocycles. The quantitative estimate of drug-likeness (QED) is 0.216. The predicted molar refractivity (Wildman–Crippen MR) is 113 cm³/mol. The van der Waals surface area contributed by atoms with Crippen molar-refractivity contribution in [3.63, 3.8) is 0 Å². The van der Waals surface area contributed by atoms with Gasteiger partial charge in [0.15, 0.2) is 6.79 Å². The Morgan fingerprint density at radius 1 is 1.11 bits per heavy atom. The zero-order chi connectivity index (χ0) is 20.6. The molecular formula is C21H27FO4SSi. The van der Waals surface area contributed by atoms with Crippen molar-refractivity contribution in [3.05, 3.63) is 59.4 Å². The third kappa shape index (κ3) is 6.96. The predicted octanol–water partition coefficient (Wildman–Crippen LogP) is 5.60. The van der Waals surface area contributed by atoms with Crippen molar-refractivity contribution < 1.29 is 23.4 Å². The van der Waals surface area contributed by atoms with Crippen LogP contribution in [0.2, 0.25) is 25.7 Å². The molecule has 0 unspecified atom stereocenters. The fourth-order valence-corrected chi connectivity index (χ4v) is 4.06. The molecule has 0 bridgehead atoms. The summed E-state index contributed by atoms with van der Waals surface area (Å²) in [5, 5.41) is 0. The van der Waals surface area contributed by atoms with Gasteiger partial charge in [-0.05, 0) is 30.3 Å². The van der Waals surface area contributed by atoms with Gasteiger partial charge in [0.05, 0.1) is 6.61 Å². The summed E-state index contributed by atoms with van der Waals surface area (Å²) in [4.78, 5) is 13.8. The number of carbonyl (C=O) groups is 1. The van der Waals surface area contributed by atoms with Crippen molar-refractivity contribution in [2.24, 2.45) is 0 Å². The molecule has 0 amide bonds. The zero-order valence-corrected chi connectivity index (χ0v) is 18.6. The van der Waals surface area contributed by atoms with Gasteiger partial charge in [-0.1, -0.05) is 37.8 Å². The Morgan fingerprint density at radius 3 is 2.46 bits per heavy atom. The maximum Gasteiger partial charge on any atom is 0.342 e. The summed E-state index contributed by atoms with van der Waals surface area (Å²) in [6.07, 6.45) is 0. The SMILES string of the molecule is COCOc1ccc(F)c(CSc2ccccc2)c1C(=O)OCC[Si](C)(C)C. The number of methoxy groups -OCH3 is 1. The first-order valence-electron chi connectivity index (χ1n) is 9.10. The molecular weight excluding hydrogens is 395 g/mol. The zero-order valence-electron chi connectivity index (χ0n) is 16.8. The van der Waals surface area contributed by atoms with Crippen LogP contribution < -0.4 is 4.74 Å². The van der Waals surface area contributed by atoms with E-state index in [2.05, 4.69) is 19.6 Å². The lowest BCUT2D eigenvalue weighted by molar-refractivity contribution is 0.0435. The minimum absolute atomic E-state index is 0.0356. The highest BCUT2D eigenvalue weighted by atomic mass is 32.2. The van der Waals surface area contributed by atoms with Gasteiger partial charge in [-0.3, -0.25) is 0 Å². The molecule has 0 fully saturated rings. The number of rotatable bonds is 10. The average Bonchev–Trinajstić information content (AvgIpc) is 2.65. The Kier molecular flexibility index (Phi) is 8.53. The van der Waals surface area contributed by atoms with Crippen LogP contribution in [0.15, 0.2) is 47.4 Å². The topological polar surface area (TPSA) is 44.8 Å². The lowest BCUT2D eigenvalue weighted by Gasteiger charge is -2.18. The maximum absolute atomic E-state index is 14.6. The van der Waals surface area contributed by atoms with Crippen LogP contribution >= 0.6 is 11.8 Å². The molecule has 0 aromatic heterocycles. The van der Waals surface area contributed by atoms with E-state index in [1.807, 2.05) is 30.3 Å². The van der Waals surface area contributed by atoms with Crippen molar-refractivity contribution >= 4 is 25.8 Å². The highest BCUT2D eigenvalue weighted by Gasteiger charge is 2.24. The molecule has 0 radical (unpaired) electrons. The molecule has 0 N–H and O–H groups in total. The van der Waals surface area contributed by atoms with Crippen molar-refractivity contribution in [2.45, 2.75) is 36.3 Å². The van der Waals surface area contributed by atoms with Gasteiger partial charge < -0.3 is 14.2 Å².